The molecule has 0 atom stereocenters. The number of nitrogens with one attached hydrogen (secondary N) is 2. The average Bonchev–Trinajstić information content (AvgIpc) is 3.07. The Kier molecular flexibility index (Phi) is 8.79. The molecule has 6 rings (SSSR count). The Morgan fingerprint density at radius 1 is 0.600 bits per heavy atom. The summed E-state index contributed by atoms with van der Waals surface area (Å²) in [7, 11) is -8.66. The van der Waals surface area contributed by atoms with Gasteiger partial charge in [0, 0.05) is 27.7 Å². The van der Waals surface area contributed by atoms with E-state index in [1.807, 2.05) is 6.92 Å². The maximum atomic E-state index is 13.3. The summed E-state index contributed by atoms with van der Waals surface area (Å²) in [5, 5.41) is 15.5. The molecule has 0 spiro atoms. The van der Waals surface area contributed by atoms with Crippen molar-refractivity contribution in [3.05, 3.63) is 130 Å². The second-order valence-corrected chi connectivity index (χ2v) is 15.7. The summed E-state index contributed by atoms with van der Waals surface area (Å²) in [6.07, 6.45) is 6.05. The highest BCUT2D eigenvalue weighted by atomic mass is 32.2. The number of fused-ring (bicyclic) bond motifs is 2. The van der Waals surface area contributed by atoms with Crippen molar-refractivity contribution in [2.45, 2.75) is 42.4 Å². The maximum absolute atomic E-state index is 13.3. The quantitative estimate of drug-likeness (QED) is 0.166. The van der Waals surface area contributed by atoms with Crippen LogP contribution in [-0.2, 0) is 25.7 Å². The molecule has 0 heterocycles. The van der Waals surface area contributed by atoms with E-state index >= 15 is 0 Å². The smallest absolute Gasteiger partial charge is 0.339 e. The van der Waals surface area contributed by atoms with Crippen LogP contribution in [0.25, 0.3) is 12.2 Å². The van der Waals surface area contributed by atoms with Crippen molar-refractivity contribution < 1.29 is 34.8 Å². The fourth-order valence-corrected chi connectivity index (χ4v) is 8.65. The molecule has 0 aromatic heterocycles. The first-order chi connectivity index (χ1) is 23.6. The molecule has 0 unspecified atom stereocenters. The molecule has 50 heavy (non-hydrogen) atoms. The van der Waals surface area contributed by atoms with E-state index in [0.29, 0.717) is 6.42 Å². The van der Waals surface area contributed by atoms with Crippen LogP contribution in [0.3, 0.4) is 0 Å². The predicted octanol–water partition coefficient (Wildman–Crippen LogP) is 7.03. The van der Waals surface area contributed by atoms with Gasteiger partial charge in [0.25, 0.3) is 0 Å². The Morgan fingerprint density at radius 2 is 0.980 bits per heavy atom. The molecular formula is C38H32N2O8S2. The number of allylic oxidation sites excluding steroid dienone is 2. The second-order valence-electron chi connectivity index (χ2n) is 12.6. The number of rotatable bonds is 10. The molecule has 10 nitrogen and oxygen atoms in total. The fourth-order valence-electron chi connectivity index (χ4n) is 6.36. The van der Waals surface area contributed by atoms with Gasteiger partial charge in [-0.25, -0.2) is 0 Å². The molecule has 0 radical (unpaired) electrons. The zero-order chi connectivity index (χ0) is 36.0. The van der Waals surface area contributed by atoms with Gasteiger partial charge in [-0.3, -0.25) is 20.4 Å². The van der Waals surface area contributed by atoms with Crippen LogP contribution in [0.15, 0.2) is 107 Å². The number of carbonyl (C=O) groups excluding carboxylic acids is 2. The summed E-state index contributed by atoms with van der Waals surface area (Å²) in [5.74, 6) is -0.745. The molecule has 0 bridgehead atoms. The highest BCUT2D eigenvalue weighted by molar-refractivity contribution is 7.87. The van der Waals surface area contributed by atoms with Gasteiger partial charge < -0.3 is 8.37 Å². The third-order valence-corrected chi connectivity index (χ3v) is 11.3. The molecule has 254 valence electrons. The first kappa shape index (κ1) is 34.4. The molecule has 2 N–H and O–H groups in total. The minimum atomic E-state index is -4.33. The molecule has 4 aromatic carbocycles. The Labute approximate surface area is 290 Å². The molecule has 2 aliphatic carbocycles. The molecule has 0 saturated carbocycles. The zero-order valence-corrected chi connectivity index (χ0v) is 28.9. The lowest BCUT2D eigenvalue weighted by Gasteiger charge is -2.33. The number of Topliss-reactive ketones (excluding diaryl/α,β-unsaturated/α-hetero) is 2. The van der Waals surface area contributed by atoms with Crippen molar-refractivity contribution in [3.63, 3.8) is 0 Å². The van der Waals surface area contributed by atoms with Gasteiger partial charge in [0.2, 0.25) is 11.6 Å². The molecule has 2 aliphatic rings. The lowest BCUT2D eigenvalue weighted by molar-refractivity contribution is 0.105. The Balaban J connectivity index is 1.25. The lowest BCUT2D eigenvalue weighted by atomic mass is 9.71. The number of ketones is 2. The maximum Gasteiger partial charge on any atom is 0.339 e. The van der Waals surface area contributed by atoms with Crippen LogP contribution in [0.4, 0.5) is 0 Å². The van der Waals surface area contributed by atoms with Gasteiger partial charge in [-0.2, -0.15) is 16.8 Å². The third kappa shape index (κ3) is 6.35. The van der Waals surface area contributed by atoms with Gasteiger partial charge >= 0.3 is 20.2 Å². The monoisotopic (exact) mass is 708 g/mol. The van der Waals surface area contributed by atoms with E-state index in [4.69, 9.17) is 19.2 Å². The van der Waals surface area contributed by atoms with Gasteiger partial charge in [-0.1, -0.05) is 81.5 Å². The SMILES string of the molecule is CC(C)CC(C)(c1ccc(OS(=O)(=O)c2cccc3c2C=CC(=N)C3=O)cc1)c1ccc(OS(=O)(=O)c2cccc3c2C=CC(=N)C3=O)cc1. The van der Waals surface area contributed by atoms with E-state index < -0.39 is 37.2 Å². The summed E-state index contributed by atoms with van der Waals surface area (Å²) in [4.78, 5) is 24.5. The summed E-state index contributed by atoms with van der Waals surface area (Å²) >= 11 is 0. The normalized spacial score (nSPS) is 15.4. The van der Waals surface area contributed by atoms with Gasteiger partial charge in [-0.05, 0) is 72.0 Å². The van der Waals surface area contributed by atoms with Crippen molar-refractivity contribution in [3.8, 4) is 11.5 Å². The minimum Gasteiger partial charge on any atom is -0.379 e. The number of hydrogen-bond donors (Lipinski definition) is 2. The van der Waals surface area contributed by atoms with Crippen molar-refractivity contribution >= 4 is 55.4 Å². The molecular weight excluding hydrogens is 677 g/mol. The van der Waals surface area contributed by atoms with E-state index in [2.05, 4.69) is 13.8 Å². The van der Waals surface area contributed by atoms with Gasteiger partial charge in [0.05, 0.1) is 0 Å². The van der Waals surface area contributed by atoms with Crippen LogP contribution in [0, 0.1) is 16.7 Å². The second kappa shape index (κ2) is 12.8. The summed E-state index contributed by atoms with van der Waals surface area (Å²) in [5.41, 5.74) is 1.26. The van der Waals surface area contributed by atoms with Gasteiger partial charge in [-0.15, -0.1) is 0 Å². The van der Waals surface area contributed by atoms with Crippen LogP contribution in [0.5, 0.6) is 11.5 Å². The largest absolute Gasteiger partial charge is 0.379 e. The Morgan fingerprint density at radius 3 is 1.34 bits per heavy atom. The van der Waals surface area contributed by atoms with Gasteiger partial charge in [0.15, 0.2) is 0 Å². The lowest BCUT2D eigenvalue weighted by Crippen LogP contribution is -2.26. The number of carbonyl (C=O) groups is 2. The minimum absolute atomic E-state index is 0.0718. The van der Waals surface area contributed by atoms with E-state index in [1.165, 1.54) is 60.7 Å². The number of benzene rings is 4. The van der Waals surface area contributed by atoms with Crippen LogP contribution < -0.4 is 8.37 Å². The third-order valence-electron chi connectivity index (χ3n) is 8.69. The first-order valence-corrected chi connectivity index (χ1v) is 18.4. The Hall–Kier alpha value is -5.46. The zero-order valence-electron chi connectivity index (χ0n) is 27.3. The topological polar surface area (TPSA) is 169 Å². The number of hydrogen-bond acceptors (Lipinski definition) is 10. The molecule has 0 saturated heterocycles. The van der Waals surface area contributed by atoms with Crippen LogP contribution >= 0.6 is 0 Å². The Bertz CT molecular complexity index is 2210. The molecule has 4 aromatic rings. The van der Waals surface area contributed by atoms with Gasteiger partial charge in [0.1, 0.15) is 32.7 Å². The van der Waals surface area contributed by atoms with E-state index in [1.54, 1.807) is 48.5 Å². The van der Waals surface area contributed by atoms with E-state index in [0.717, 1.165) is 11.1 Å². The average molecular weight is 709 g/mol. The van der Waals surface area contributed by atoms with E-state index in [9.17, 15) is 26.4 Å². The molecule has 0 amide bonds. The predicted molar refractivity (Wildman–Crippen MR) is 189 cm³/mol. The van der Waals surface area contributed by atoms with Crippen molar-refractivity contribution in [1.29, 1.82) is 10.8 Å². The fraction of sp³-hybridized carbons (Fsp3) is 0.158. The summed E-state index contributed by atoms with van der Waals surface area (Å²) in [6.45, 7) is 6.20. The summed E-state index contributed by atoms with van der Waals surface area (Å²) < 4.78 is 64.3. The van der Waals surface area contributed by atoms with Crippen molar-refractivity contribution in [1.82, 2.24) is 0 Å². The van der Waals surface area contributed by atoms with Crippen molar-refractivity contribution in [2.75, 3.05) is 0 Å². The highest BCUT2D eigenvalue weighted by Crippen LogP contribution is 2.40. The first-order valence-electron chi connectivity index (χ1n) is 15.6. The molecule has 0 fully saturated rings. The molecule has 12 heteroatoms. The van der Waals surface area contributed by atoms with Crippen LogP contribution in [0.2, 0.25) is 0 Å². The van der Waals surface area contributed by atoms with Crippen LogP contribution in [0.1, 0.15) is 70.2 Å². The van der Waals surface area contributed by atoms with Crippen LogP contribution in [-0.4, -0.2) is 39.8 Å². The molecule has 0 aliphatic heterocycles. The van der Waals surface area contributed by atoms with Crippen molar-refractivity contribution in [2.24, 2.45) is 5.92 Å². The summed E-state index contributed by atoms with van der Waals surface area (Å²) in [6, 6.07) is 21.9. The highest BCUT2D eigenvalue weighted by Gasteiger charge is 2.32. The van der Waals surface area contributed by atoms with E-state index in [-0.39, 0.29) is 60.9 Å². The standard InChI is InChI=1S/C38H32N2O8S2/c1-23(2)22-38(3,24-10-14-26(15-11-24)47-49(43,44)34-8-4-6-30-28(34)18-20-32(39)36(30)41)25-12-16-27(17-13-25)48-50(45,46)35-9-5-7-31-29(35)19-21-33(40)37(31)42/h4-21,23,39-40H,22H2,1-3H3.